The lowest BCUT2D eigenvalue weighted by Crippen LogP contribution is -2.32. The van der Waals surface area contributed by atoms with Gasteiger partial charge in [0.05, 0.1) is 17.8 Å². The van der Waals surface area contributed by atoms with E-state index in [-0.39, 0.29) is 17.5 Å². The molecule has 1 unspecified atom stereocenters. The van der Waals surface area contributed by atoms with E-state index in [2.05, 4.69) is 17.1 Å². The average molecular weight is 348 g/mol. The number of hydrogen-bond donors (Lipinski definition) is 1. The van der Waals surface area contributed by atoms with Gasteiger partial charge in [0, 0.05) is 23.2 Å². The van der Waals surface area contributed by atoms with E-state index < -0.39 is 0 Å². The molecule has 1 atom stereocenters. The van der Waals surface area contributed by atoms with Crippen LogP contribution in [-0.2, 0) is 4.79 Å². The number of amides is 1. The van der Waals surface area contributed by atoms with Gasteiger partial charge in [-0.15, -0.1) is 0 Å². The first-order chi connectivity index (χ1) is 12.5. The predicted octanol–water partition coefficient (Wildman–Crippen LogP) is 2.74. The monoisotopic (exact) mass is 348 g/mol. The number of fused-ring (bicyclic) bond motifs is 2. The zero-order valence-electron chi connectivity index (χ0n) is 14.6. The molecule has 1 N–H and O–H groups in total. The van der Waals surface area contributed by atoms with E-state index in [1.54, 1.807) is 42.5 Å². The first-order valence-corrected chi connectivity index (χ1v) is 8.88. The molecule has 1 aliphatic carbocycles. The molecule has 2 aromatic rings. The summed E-state index contributed by atoms with van der Waals surface area (Å²) in [7, 11) is 0. The maximum Gasteiger partial charge on any atom is 0.238 e. The smallest absolute Gasteiger partial charge is 0.238 e. The third-order valence-electron chi connectivity index (χ3n) is 5.10. The van der Waals surface area contributed by atoms with Crippen molar-refractivity contribution in [2.24, 2.45) is 5.92 Å². The van der Waals surface area contributed by atoms with Gasteiger partial charge in [0.2, 0.25) is 5.91 Å². The number of nitrogens with one attached hydrogen (secondary N) is 1. The first kappa shape index (κ1) is 16.7. The van der Waals surface area contributed by atoms with Crippen LogP contribution in [0.2, 0.25) is 0 Å². The van der Waals surface area contributed by atoms with Crippen LogP contribution in [-0.4, -0.2) is 42.0 Å². The summed E-state index contributed by atoms with van der Waals surface area (Å²) in [5.74, 6) is 0.0372. The number of likely N-dealkylation sites (tertiary alicyclic amines) is 1. The van der Waals surface area contributed by atoms with Gasteiger partial charge in [0.1, 0.15) is 0 Å². The number of rotatable bonds is 3. The van der Waals surface area contributed by atoms with Gasteiger partial charge in [0.25, 0.3) is 0 Å². The van der Waals surface area contributed by atoms with E-state index in [0.29, 0.717) is 40.4 Å². The van der Waals surface area contributed by atoms with Crippen LogP contribution in [0, 0.1) is 5.92 Å². The summed E-state index contributed by atoms with van der Waals surface area (Å²) in [4.78, 5) is 40.2. The summed E-state index contributed by atoms with van der Waals surface area (Å²) in [6, 6.07) is 11.8. The fourth-order valence-electron chi connectivity index (χ4n) is 3.81. The number of carbonyl (C=O) groups is 3. The number of benzene rings is 2. The molecule has 1 fully saturated rings. The molecule has 0 saturated carbocycles. The van der Waals surface area contributed by atoms with Gasteiger partial charge >= 0.3 is 0 Å². The Bertz CT molecular complexity index is 919. The minimum absolute atomic E-state index is 0.161. The summed E-state index contributed by atoms with van der Waals surface area (Å²) < 4.78 is 0. The topological polar surface area (TPSA) is 66.5 Å². The summed E-state index contributed by atoms with van der Waals surface area (Å²) in [5.41, 5.74) is 1.85. The zero-order valence-corrected chi connectivity index (χ0v) is 14.6. The molecule has 2 aliphatic rings. The number of ketones is 2. The molecular weight excluding hydrogens is 328 g/mol. The molecule has 5 heteroatoms. The molecule has 0 spiro atoms. The highest BCUT2D eigenvalue weighted by Gasteiger charge is 2.31. The van der Waals surface area contributed by atoms with Crippen molar-refractivity contribution in [3.63, 3.8) is 0 Å². The number of nitrogens with zero attached hydrogens (tertiary/aromatic N) is 1. The number of anilines is 1. The SMILES string of the molecule is CC1CCN(CC(=O)Nc2cccc3c2C(=O)c2ccccc2C3=O)C1. The molecule has 5 nitrogen and oxygen atoms in total. The maximum absolute atomic E-state index is 12.9. The van der Waals surface area contributed by atoms with Gasteiger partial charge in [-0.05, 0) is 24.9 Å². The Hall–Kier alpha value is -2.79. The first-order valence-electron chi connectivity index (χ1n) is 8.88. The van der Waals surface area contributed by atoms with Crippen LogP contribution in [0.15, 0.2) is 42.5 Å². The fraction of sp³-hybridized carbons (Fsp3) is 0.286. The molecule has 1 amide bonds. The normalized spacial score (nSPS) is 19.2. The largest absolute Gasteiger partial charge is 0.324 e. The molecule has 1 aliphatic heterocycles. The molecular formula is C21H20N2O3. The summed E-state index contributed by atoms with van der Waals surface area (Å²) >= 11 is 0. The Morgan fingerprint density at radius 3 is 2.42 bits per heavy atom. The van der Waals surface area contributed by atoms with Crippen LogP contribution in [0.4, 0.5) is 5.69 Å². The van der Waals surface area contributed by atoms with Crippen molar-refractivity contribution in [3.05, 3.63) is 64.7 Å². The Labute approximate surface area is 152 Å². The predicted molar refractivity (Wildman–Crippen MR) is 98.6 cm³/mol. The van der Waals surface area contributed by atoms with E-state index in [1.165, 1.54) is 0 Å². The standard InChI is InChI=1S/C21H20N2O3/c1-13-9-10-23(11-13)12-18(24)22-17-8-4-7-16-19(17)21(26)15-6-3-2-5-14(15)20(16)25/h2-8,13H,9-12H2,1H3,(H,22,24). The van der Waals surface area contributed by atoms with Gasteiger partial charge in [-0.1, -0.05) is 43.3 Å². The third kappa shape index (κ3) is 2.84. The van der Waals surface area contributed by atoms with Gasteiger partial charge < -0.3 is 5.32 Å². The second-order valence-corrected chi connectivity index (χ2v) is 7.11. The van der Waals surface area contributed by atoms with Crippen LogP contribution in [0.25, 0.3) is 0 Å². The van der Waals surface area contributed by atoms with Crippen LogP contribution < -0.4 is 5.32 Å². The van der Waals surface area contributed by atoms with E-state index in [0.717, 1.165) is 19.5 Å². The lowest BCUT2D eigenvalue weighted by atomic mass is 9.83. The van der Waals surface area contributed by atoms with Gasteiger partial charge in [0.15, 0.2) is 11.6 Å². The fourth-order valence-corrected chi connectivity index (χ4v) is 3.81. The van der Waals surface area contributed by atoms with Crippen molar-refractivity contribution in [3.8, 4) is 0 Å². The molecule has 132 valence electrons. The van der Waals surface area contributed by atoms with Crippen LogP contribution >= 0.6 is 0 Å². The zero-order chi connectivity index (χ0) is 18.3. The minimum atomic E-state index is -0.221. The molecule has 1 heterocycles. The Kier molecular flexibility index (Phi) is 4.17. The van der Waals surface area contributed by atoms with Crippen molar-refractivity contribution in [1.82, 2.24) is 4.90 Å². The molecule has 1 saturated heterocycles. The minimum Gasteiger partial charge on any atom is -0.324 e. The molecule has 0 bridgehead atoms. The Morgan fingerprint density at radius 2 is 1.73 bits per heavy atom. The van der Waals surface area contributed by atoms with Gasteiger partial charge in [-0.3, -0.25) is 19.3 Å². The van der Waals surface area contributed by atoms with Gasteiger partial charge in [-0.2, -0.15) is 0 Å². The van der Waals surface area contributed by atoms with Crippen molar-refractivity contribution < 1.29 is 14.4 Å². The molecule has 4 rings (SSSR count). The second-order valence-electron chi connectivity index (χ2n) is 7.11. The van der Waals surface area contributed by atoms with Crippen molar-refractivity contribution >= 4 is 23.2 Å². The highest BCUT2D eigenvalue weighted by molar-refractivity contribution is 6.30. The second kappa shape index (κ2) is 6.50. The Balaban J connectivity index is 1.62. The van der Waals surface area contributed by atoms with E-state index >= 15 is 0 Å². The lowest BCUT2D eigenvalue weighted by molar-refractivity contribution is -0.117. The number of hydrogen-bond acceptors (Lipinski definition) is 4. The van der Waals surface area contributed by atoms with Crippen LogP contribution in [0.3, 0.4) is 0 Å². The average Bonchev–Trinajstić information content (AvgIpc) is 3.04. The van der Waals surface area contributed by atoms with Crippen LogP contribution in [0.1, 0.15) is 45.2 Å². The lowest BCUT2D eigenvalue weighted by Gasteiger charge is -2.21. The maximum atomic E-state index is 12.9. The third-order valence-corrected chi connectivity index (χ3v) is 5.10. The van der Waals surface area contributed by atoms with Crippen molar-refractivity contribution in [2.75, 3.05) is 25.0 Å². The Morgan fingerprint density at radius 1 is 1.04 bits per heavy atom. The molecule has 0 aromatic heterocycles. The molecule has 26 heavy (non-hydrogen) atoms. The summed E-state index contributed by atoms with van der Waals surface area (Å²) in [5, 5.41) is 2.84. The van der Waals surface area contributed by atoms with Gasteiger partial charge in [-0.25, -0.2) is 0 Å². The van der Waals surface area contributed by atoms with Crippen LogP contribution in [0.5, 0.6) is 0 Å². The number of carbonyl (C=O) groups excluding carboxylic acids is 3. The summed E-state index contributed by atoms with van der Waals surface area (Å²) in [6.07, 6.45) is 1.10. The summed E-state index contributed by atoms with van der Waals surface area (Å²) in [6.45, 7) is 4.29. The molecule has 2 aromatic carbocycles. The van der Waals surface area contributed by atoms with Crippen molar-refractivity contribution in [1.29, 1.82) is 0 Å². The van der Waals surface area contributed by atoms with E-state index in [1.807, 2.05) is 0 Å². The van der Waals surface area contributed by atoms with E-state index in [4.69, 9.17) is 0 Å². The molecule has 0 radical (unpaired) electrons. The van der Waals surface area contributed by atoms with E-state index in [9.17, 15) is 14.4 Å². The quantitative estimate of drug-likeness (QED) is 0.790. The van der Waals surface area contributed by atoms with Crippen molar-refractivity contribution in [2.45, 2.75) is 13.3 Å². The highest BCUT2D eigenvalue weighted by atomic mass is 16.2. The highest BCUT2D eigenvalue weighted by Crippen LogP contribution is 2.31.